The molecule has 0 radical (unpaired) electrons. The van der Waals surface area contributed by atoms with Crippen molar-refractivity contribution in [3.63, 3.8) is 0 Å². The van der Waals surface area contributed by atoms with Gasteiger partial charge in [0.05, 0.1) is 11.9 Å². The Morgan fingerprint density at radius 2 is 1.68 bits per heavy atom. The first-order valence-corrected chi connectivity index (χ1v) is 8.01. The summed E-state index contributed by atoms with van der Waals surface area (Å²) in [4.78, 5) is 9.27. The highest BCUT2D eigenvalue weighted by Gasteiger charge is 2.39. The van der Waals surface area contributed by atoms with Crippen LogP contribution in [0.1, 0.15) is 5.56 Å². The smallest absolute Gasteiger partial charge is 0.123 e. The number of rotatable bonds is 3. The molecule has 2 fully saturated rings. The fourth-order valence-electron chi connectivity index (χ4n) is 3.86. The Labute approximate surface area is 131 Å². The maximum atomic E-state index is 5.67. The molecule has 1 aromatic heterocycles. The average molecular weight is 294 g/mol. The van der Waals surface area contributed by atoms with E-state index in [-0.39, 0.29) is 0 Å². The van der Waals surface area contributed by atoms with Gasteiger partial charge in [0.25, 0.3) is 0 Å². The number of likely N-dealkylation sites (tertiary alicyclic amines) is 1. The summed E-state index contributed by atoms with van der Waals surface area (Å²) in [6.07, 6.45) is 1.90. The first kappa shape index (κ1) is 13.6. The zero-order valence-corrected chi connectivity index (χ0v) is 12.7. The molecule has 2 aliphatic heterocycles. The van der Waals surface area contributed by atoms with E-state index < -0.39 is 0 Å². The highest BCUT2D eigenvalue weighted by molar-refractivity contribution is 5.49. The minimum atomic E-state index is 0.595. The largest absolute Gasteiger partial charge is 0.384 e. The summed E-state index contributed by atoms with van der Waals surface area (Å²) in [5, 5.41) is 0. The van der Waals surface area contributed by atoms with Gasteiger partial charge < -0.3 is 10.6 Å². The van der Waals surface area contributed by atoms with Crippen LogP contribution in [0, 0.1) is 11.8 Å². The van der Waals surface area contributed by atoms with Gasteiger partial charge in [-0.25, -0.2) is 4.98 Å². The van der Waals surface area contributed by atoms with Crippen LogP contribution >= 0.6 is 0 Å². The molecule has 4 rings (SSSR count). The van der Waals surface area contributed by atoms with E-state index in [0.29, 0.717) is 5.82 Å². The van der Waals surface area contributed by atoms with Gasteiger partial charge in [-0.2, -0.15) is 0 Å². The maximum Gasteiger partial charge on any atom is 0.123 e. The van der Waals surface area contributed by atoms with Crippen LogP contribution in [0.2, 0.25) is 0 Å². The number of aromatic nitrogens is 1. The molecule has 2 N–H and O–H groups in total. The third kappa shape index (κ3) is 2.66. The number of nitrogens with zero attached hydrogens (tertiary/aromatic N) is 3. The number of hydrogen-bond donors (Lipinski definition) is 1. The summed E-state index contributed by atoms with van der Waals surface area (Å²) in [7, 11) is 0. The molecule has 3 heterocycles. The fourth-order valence-corrected chi connectivity index (χ4v) is 3.86. The van der Waals surface area contributed by atoms with E-state index in [1.807, 2.05) is 12.3 Å². The predicted octanol–water partition coefficient (Wildman–Crippen LogP) is 2.23. The standard InChI is InChI=1S/C18H22N4/c19-18-7-6-17(8-20-18)22-12-15-10-21(11-16(15)13-22)9-14-4-2-1-3-5-14/h1-8,15-16H,9-13H2,(H2,19,20). The quantitative estimate of drug-likeness (QED) is 0.943. The number of fused-ring (bicyclic) bond motifs is 1. The molecular weight excluding hydrogens is 272 g/mol. The van der Waals surface area contributed by atoms with Gasteiger partial charge in [0.1, 0.15) is 5.82 Å². The van der Waals surface area contributed by atoms with Gasteiger partial charge in [-0.1, -0.05) is 30.3 Å². The van der Waals surface area contributed by atoms with E-state index in [9.17, 15) is 0 Å². The minimum absolute atomic E-state index is 0.595. The Balaban J connectivity index is 1.37. The molecule has 0 aliphatic carbocycles. The van der Waals surface area contributed by atoms with Crippen LogP contribution in [0.3, 0.4) is 0 Å². The van der Waals surface area contributed by atoms with Crippen molar-refractivity contribution >= 4 is 11.5 Å². The molecule has 0 amide bonds. The van der Waals surface area contributed by atoms with E-state index in [1.54, 1.807) is 0 Å². The highest BCUT2D eigenvalue weighted by atomic mass is 15.2. The van der Waals surface area contributed by atoms with E-state index in [4.69, 9.17) is 5.73 Å². The van der Waals surface area contributed by atoms with Crippen LogP contribution in [0.5, 0.6) is 0 Å². The van der Waals surface area contributed by atoms with Gasteiger partial charge in [-0.15, -0.1) is 0 Å². The second kappa shape index (κ2) is 5.61. The molecule has 0 bridgehead atoms. The number of pyridine rings is 1. The van der Waals surface area contributed by atoms with Crippen molar-refractivity contribution in [2.75, 3.05) is 36.8 Å². The number of nitrogen functional groups attached to an aromatic ring is 1. The molecule has 4 nitrogen and oxygen atoms in total. The molecule has 2 atom stereocenters. The predicted molar refractivity (Wildman–Crippen MR) is 89.6 cm³/mol. The second-order valence-electron chi connectivity index (χ2n) is 6.55. The Hall–Kier alpha value is -2.07. The fraction of sp³-hybridized carbons (Fsp3) is 0.389. The lowest BCUT2D eigenvalue weighted by Crippen LogP contribution is -2.28. The molecule has 0 spiro atoms. The molecule has 2 aliphatic rings. The van der Waals surface area contributed by atoms with Gasteiger partial charge in [0.2, 0.25) is 0 Å². The lowest BCUT2D eigenvalue weighted by atomic mass is 10.0. The Kier molecular flexibility index (Phi) is 3.47. The Bertz CT molecular complexity index is 611. The summed E-state index contributed by atoms with van der Waals surface area (Å²) < 4.78 is 0. The van der Waals surface area contributed by atoms with Crippen LogP contribution in [0.25, 0.3) is 0 Å². The molecule has 114 valence electrons. The Morgan fingerprint density at radius 1 is 0.955 bits per heavy atom. The van der Waals surface area contributed by atoms with E-state index in [0.717, 1.165) is 31.5 Å². The number of hydrogen-bond acceptors (Lipinski definition) is 4. The van der Waals surface area contributed by atoms with Gasteiger partial charge in [-0.05, 0) is 29.5 Å². The third-order valence-corrected chi connectivity index (χ3v) is 4.95. The van der Waals surface area contributed by atoms with E-state index >= 15 is 0 Å². The molecule has 0 saturated carbocycles. The first-order chi connectivity index (χ1) is 10.8. The molecule has 2 saturated heterocycles. The second-order valence-corrected chi connectivity index (χ2v) is 6.55. The lowest BCUT2D eigenvalue weighted by molar-refractivity contribution is 0.309. The van der Waals surface area contributed by atoms with Crippen LogP contribution in [-0.4, -0.2) is 36.1 Å². The third-order valence-electron chi connectivity index (χ3n) is 4.95. The summed E-state index contributed by atoms with van der Waals surface area (Å²) in [6, 6.07) is 14.8. The molecule has 4 heteroatoms. The van der Waals surface area contributed by atoms with Crippen molar-refractivity contribution in [3.05, 3.63) is 54.2 Å². The number of nitrogens with two attached hydrogens (primary N) is 1. The maximum absolute atomic E-state index is 5.67. The van der Waals surface area contributed by atoms with Crippen molar-refractivity contribution in [3.8, 4) is 0 Å². The van der Waals surface area contributed by atoms with Crippen molar-refractivity contribution < 1.29 is 0 Å². The van der Waals surface area contributed by atoms with Gasteiger partial charge in [0, 0.05) is 32.7 Å². The van der Waals surface area contributed by atoms with E-state index in [1.165, 1.54) is 24.3 Å². The zero-order valence-electron chi connectivity index (χ0n) is 12.7. The van der Waals surface area contributed by atoms with Gasteiger partial charge in [0.15, 0.2) is 0 Å². The average Bonchev–Trinajstić information content (AvgIpc) is 3.07. The van der Waals surface area contributed by atoms with Crippen molar-refractivity contribution in [1.82, 2.24) is 9.88 Å². The monoisotopic (exact) mass is 294 g/mol. The normalized spacial score (nSPS) is 24.6. The number of benzene rings is 1. The molecule has 1 aromatic carbocycles. The van der Waals surface area contributed by atoms with Crippen LogP contribution in [0.4, 0.5) is 11.5 Å². The molecular formula is C18H22N4. The van der Waals surface area contributed by atoms with Crippen molar-refractivity contribution in [2.45, 2.75) is 6.54 Å². The van der Waals surface area contributed by atoms with Gasteiger partial charge >= 0.3 is 0 Å². The van der Waals surface area contributed by atoms with Gasteiger partial charge in [-0.3, -0.25) is 4.90 Å². The lowest BCUT2D eigenvalue weighted by Gasteiger charge is -2.23. The highest BCUT2D eigenvalue weighted by Crippen LogP contribution is 2.34. The summed E-state index contributed by atoms with van der Waals surface area (Å²) >= 11 is 0. The number of anilines is 2. The summed E-state index contributed by atoms with van der Waals surface area (Å²) in [6.45, 7) is 5.78. The van der Waals surface area contributed by atoms with Crippen LogP contribution in [-0.2, 0) is 6.54 Å². The first-order valence-electron chi connectivity index (χ1n) is 8.01. The van der Waals surface area contributed by atoms with Crippen molar-refractivity contribution in [2.24, 2.45) is 11.8 Å². The van der Waals surface area contributed by atoms with Crippen LogP contribution in [0.15, 0.2) is 48.7 Å². The molecule has 2 aromatic rings. The minimum Gasteiger partial charge on any atom is -0.384 e. The van der Waals surface area contributed by atoms with Crippen LogP contribution < -0.4 is 10.6 Å². The summed E-state index contributed by atoms with van der Waals surface area (Å²) in [5.41, 5.74) is 8.30. The molecule has 22 heavy (non-hydrogen) atoms. The van der Waals surface area contributed by atoms with Crippen molar-refractivity contribution in [1.29, 1.82) is 0 Å². The van der Waals surface area contributed by atoms with E-state index in [2.05, 4.69) is 51.2 Å². The molecule has 2 unspecified atom stereocenters. The topological polar surface area (TPSA) is 45.4 Å². The SMILES string of the molecule is Nc1ccc(N2CC3CN(Cc4ccccc4)CC3C2)cn1. The summed E-state index contributed by atoms with van der Waals surface area (Å²) in [5.74, 6) is 2.15. The zero-order chi connectivity index (χ0) is 14.9. The Morgan fingerprint density at radius 3 is 2.32 bits per heavy atom.